The summed E-state index contributed by atoms with van der Waals surface area (Å²) in [6.07, 6.45) is 2.38. The van der Waals surface area contributed by atoms with E-state index >= 15 is 0 Å². The minimum atomic E-state index is -0.133. The molecule has 2 fully saturated rings. The normalized spacial score (nSPS) is 32.5. The highest BCUT2D eigenvalue weighted by Crippen LogP contribution is 2.59. The molecule has 1 aromatic rings. The molecule has 4 atom stereocenters. The predicted molar refractivity (Wildman–Crippen MR) is 84.7 cm³/mol. The van der Waals surface area contributed by atoms with Crippen molar-refractivity contribution < 1.29 is 4.79 Å². The average molecular weight is 284 g/mol. The predicted octanol–water partition coefficient (Wildman–Crippen LogP) is 2.72. The molecule has 0 radical (unpaired) electrons. The zero-order valence-corrected chi connectivity index (χ0v) is 13.4. The van der Waals surface area contributed by atoms with Crippen LogP contribution in [0.2, 0.25) is 0 Å². The summed E-state index contributed by atoms with van der Waals surface area (Å²) < 4.78 is 0. The molecule has 1 saturated carbocycles. The maximum atomic E-state index is 12.1. The van der Waals surface area contributed by atoms with Crippen LogP contribution in [0.1, 0.15) is 46.6 Å². The average Bonchev–Trinajstić information content (AvgIpc) is 2.96. The number of rotatable bonds is 1. The first-order valence-corrected chi connectivity index (χ1v) is 8.09. The van der Waals surface area contributed by atoms with Gasteiger partial charge in [-0.2, -0.15) is 0 Å². The highest BCUT2D eigenvalue weighted by molar-refractivity contribution is 5.87. The van der Waals surface area contributed by atoms with Gasteiger partial charge in [0.05, 0.1) is 0 Å². The number of hydrogen-bond acceptors (Lipinski definition) is 2. The van der Waals surface area contributed by atoms with Crippen molar-refractivity contribution in [2.75, 3.05) is 11.4 Å². The van der Waals surface area contributed by atoms with Crippen LogP contribution in [0.15, 0.2) is 0 Å². The first-order chi connectivity index (χ1) is 9.93. The maximum Gasteiger partial charge on any atom is 0.240 e. The summed E-state index contributed by atoms with van der Waals surface area (Å²) in [5.41, 5.74) is 14.2. The van der Waals surface area contributed by atoms with E-state index in [1.165, 1.54) is 39.9 Å². The van der Waals surface area contributed by atoms with Crippen LogP contribution in [0, 0.1) is 39.5 Å². The van der Waals surface area contributed by atoms with Crippen LogP contribution >= 0.6 is 0 Å². The summed E-state index contributed by atoms with van der Waals surface area (Å²) in [6, 6.07) is -0.0820. The van der Waals surface area contributed by atoms with E-state index in [0.717, 1.165) is 13.0 Å². The van der Waals surface area contributed by atoms with Crippen molar-refractivity contribution in [3.63, 3.8) is 0 Å². The quantitative estimate of drug-likeness (QED) is 0.862. The Morgan fingerprint density at radius 3 is 2.33 bits per heavy atom. The van der Waals surface area contributed by atoms with E-state index in [1.807, 2.05) is 0 Å². The van der Waals surface area contributed by atoms with Crippen molar-refractivity contribution in [3.8, 4) is 0 Å². The Kier molecular flexibility index (Phi) is 2.52. The number of amides is 1. The van der Waals surface area contributed by atoms with Gasteiger partial charge in [-0.05, 0) is 86.1 Å². The molecule has 1 amide bonds. The van der Waals surface area contributed by atoms with Gasteiger partial charge in [-0.3, -0.25) is 4.79 Å². The fourth-order valence-corrected chi connectivity index (χ4v) is 5.42. The number of hydrogen-bond donors (Lipinski definition) is 1. The lowest BCUT2D eigenvalue weighted by molar-refractivity contribution is -0.120. The van der Waals surface area contributed by atoms with Gasteiger partial charge in [0.1, 0.15) is 6.04 Å². The van der Waals surface area contributed by atoms with Crippen molar-refractivity contribution in [2.45, 2.75) is 52.5 Å². The molecule has 4 rings (SSSR count). The van der Waals surface area contributed by atoms with E-state index in [4.69, 9.17) is 5.73 Å². The Morgan fingerprint density at radius 2 is 1.67 bits per heavy atom. The number of benzene rings is 1. The first kappa shape index (κ1) is 13.2. The molecule has 112 valence electrons. The molecule has 2 N–H and O–H groups in total. The maximum absolute atomic E-state index is 12.1. The fraction of sp³-hybridized carbons (Fsp3) is 0.611. The largest absolute Gasteiger partial charge is 0.368 e. The second-order valence-corrected chi connectivity index (χ2v) is 7.27. The van der Waals surface area contributed by atoms with Gasteiger partial charge in [0.25, 0.3) is 0 Å². The topological polar surface area (TPSA) is 46.3 Å². The van der Waals surface area contributed by atoms with E-state index in [1.54, 1.807) is 0 Å². The van der Waals surface area contributed by atoms with Gasteiger partial charge in [-0.1, -0.05) is 0 Å². The molecule has 4 unspecified atom stereocenters. The van der Waals surface area contributed by atoms with Crippen molar-refractivity contribution in [1.29, 1.82) is 0 Å². The number of carbonyl (C=O) groups excluding carboxylic acids is 1. The number of fused-ring (bicyclic) bond motifs is 4. The van der Waals surface area contributed by atoms with Crippen molar-refractivity contribution in [2.24, 2.45) is 17.6 Å². The second kappa shape index (κ2) is 4.02. The molecule has 3 heteroatoms. The molecule has 3 aliphatic rings. The molecule has 1 saturated heterocycles. The van der Waals surface area contributed by atoms with E-state index in [-0.39, 0.29) is 11.9 Å². The van der Waals surface area contributed by atoms with Gasteiger partial charge in [-0.25, -0.2) is 0 Å². The minimum absolute atomic E-state index is 0.0820. The van der Waals surface area contributed by atoms with Gasteiger partial charge in [-0.15, -0.1) is 0 Å². The molecule has 3 nitrogen and oxygen atoms in total. The van der Waals surface area contributed by atoms with Gasteiger partial charge < -0.3 is 10.6 Å². The molecular weight excluding hydrogens is 260 g/mol. The molecule has 2 aliphatic heterocycles. The Hall–Kier alpha value is -1.51. The summed E-state index contributed by atoms with van der Waals surface area (Å²) in [7, 11) is 0. The number of nitrogens with two attached hydrogens (primary N) is 1. The Bertz CT molecular complexity index is 664. The molecular formula is C18H24N2O. The summed E-state index contributed by atoms with van der Waals surface area (Å²) in [4.78, 5) is 14.4. The Morgan fingerprint density at radius 1 is 1.00 bits per heavy atom. The van der Waals surface area contributed by atoms with Gasteiger partial charge in [0, 0.05) is 12.2 Å². The van der Waals surface area contributed by atoms with Crippen LogP contribution in [0.3, 0.4) is 0 Å². The minimum Gasteiger partial charge on any atom is -0.368 e. The highest BCUT2D eigenvalue weighted by Gasteiger charge is 2.56. The lowest BCUT2D eigenvalue weighted by atomic mass is 9.78. The summed E-state index contributed by atoms with van der Waals surface area (Å²) in [6.45, 7) is 9.95. The lowest BCUT2D eigenvalue weighted by Crippen LogP contribution is -2.45. The summed E-state index contributed by atoms with van der Waals surface area (Å²) >= 11 is 0. The molecule has 2 heterocycles. The SMILES string of the molecule is Cc1c(C)c(C)c2c(c1C)C1CCC3C1CN2C3C(N)=O. The number of anilines is 1. The second-order valence-electron chi connectivity index (χ2n) is 7.27. The fourth-order valence-electron chi connectivity index (χ4n) is 5.42. The standard InChI is InChI=1S/C18H24N2O/c1-8-9(2)11(4)16-15(10(8)3)12-5-6-13-14(12)7-20(16)17(13)18(19)21/h12-14,17H,5-7H2,1-4H3,(H2,19,21). The Balaban J connectivity index is 2.03. The zero-order chi connectivity index (χ0) is 15.0. The summed E-state index contributed by atoms with van der Waals surface area (Å²) in [5.74, 6) is 1.62. The van der Waals surface area contributed by atoms with Gasteiger partial charge >= 0.3 is 0 Å². The van der Waals surface area contributed by atoms with E-state index in [2.05, 4.69) is 32.6 Å². The Labute approximate surface area is 126 Å². The van der Waals surface area contributed by atoms with Crippen LogP contribution < -0.4 is 10.6 Å². The van der Waals surface area contributed by atoms with E-state index in [0.29, 0.717) is 17.8 Å². The molecule has 1 aromatic carbocycles. The van der Waals surface area contributed by atoms with Crippen molar-refractivity contribution in [3.05, 3.63) is 27.8 Å². The molecule has 1 aliphatic carbocycles. The van der Waals surface area contributed by atoms with E-state index < -0.39 is 0 Å². The van der Waals surface area contributed by atoms with Crippen molar-refractivity contribution >= 4 is 11.6 Å². The first-order valence-electron chi connectivity index (χ1n) is 8.09. The van der Waals surface area contributed by atoms with E-state index in [9.17, 15) is 4.79 Å². The highest BCUT2D eigenvalue weighted by atomic mass is 16.1. The number of carbonyl (C=O) groups is 1. The lowest BCUT2D eigenvalue weighted by Gasteiger charge is -2.38. The zero-order valence-electron chi connectivity index (χ0n) is 13.4. The smallest absolute Gasteiger partial charge is 0.240 e. The third-order valence-electron chi connectivity index (χ3n) is 6.68. The van der Waals surface area contributed by atoms with Crippen LogP contribution in [0.25, 0.3) is 0 Å². The molecule has 2 bridgehead atoms. The van der Waals surface area contributed by atoms with Crippen LogP contribution in [0.5, 0.6) is 0 Å². The molecule has 0 spiro atoms. The van der Waals surface area contributed by atoms with Crippen LogP contribution in [0.4, 0.5) is 5.69 Å². The van der Waals surface area contributed by atoms with Crippen molar-refractivity contribution in [1.82, 2.24) is 0 Å². The number of nitrogens with zero attached hydrogens (tertiary/aromatic N) is 1. The summed E-state index contributed by atoms with van der Waals surface area (Å²) in [5, 5.41) is 0. The van der Waals surface area contributed by atoms with Crippen LogP contribution in [-0.2, 0) is 4.79 Å². The number of primary amides is 1. The monoisotopic (exact) mass is 284 g/mol. The van der Waals surface area contributed by atoms with Gasteiger partial charge in [0.2, 0.25) is 5.91 Å². The third kappa shape index (κ3) is 1.42. The van der Waals surface area contributed by atoms with Gasteiger partial charge in [0.15, 0.2) is 0 Å². The molecule has 21 heavy (non-hydrogen) atoms. The molecule has 0 aromatic heterocycles. The van der Waals surface area contributed by atoms with Crippen LogP contribution in [-0.4, -0.2) is 18.5 Å². The third-order valence-corrected chi connectivity index (χ3v) is 6.68.